The van der Waals surface area contributed by atoms with E-state index < -0.39 is 24.8 Å². The molecule has 0 aliphatic rings. The monoisotopic (exact) mass is 348 g/mol. The largest absolute Gasteiger partial charge is 0.484 e. The molecule has 2 amide bonds. The topological polar surface area (TPSA) is 87.7 Å². The number of hydrogen-bond donors (Lipinski definition) is 3. The molecular formula is C15H19F3N2O4. The van der Waals surface area contributed by atoms with Crippen LogP contribution in [0.3, 0.4) is 0 Å². The number of amides is 2. The lowest BCUT2D eigenvalue weighted by molar-refractivity contribution is -0.153. The lowest BCUT2D eigenvalue weighted by Gasteiger charge is -2.14. The molecule has 1 aromatic carbocycles. The maximum Gasteiger partial charge on any atom is 0.422 e. The molecule has 0 aliphatic heterocycles. The summed E-state index contributed by atoms with van der Waals surface area (Å²) in [5, 5.41) is 13.4. The minimum Gasteiger partial charge on any atom is -0.484 e. The van der Waals surface area contributed by atoms with Crippen LogP contribution in [0, 0.1) is 6.92 Å². The highest BCUT2D eigenvalue weighted by Gasteiger charge is 2.28. The van der Waals surface area contributed by atoms with Crippen molar-refractivity contribution in [1.29, 1.82) is 0 Å². The number of aliphatic carboxylic acids is 1. The third-order valence-electron chi connectivity index (χ3n) is 2.91. The molecule has 0 saturated carbocycles. The molecule has 0 atom stereocenters. The average Bonchev–Trinajstić information content (AvgIpc) is 2.47. The molecule has 0 unspecified atom stereocenters. The van der Waals surface area contributed by atoms with E-state index >= 15 is 0 Å². The molecule has 6 nitrogen and oxygen atoms in total. The number of aryl methyl sites for hydroxylation is 1. The summed E-state index contributed by atoms with van der Waals surface area (Å²) in [6, 6.07) is 4.20. The van der Waals surface area contributed by atoms with Crippen molar-refractivity contribution in [3.05, 3.63) is 29.3 Å². The number of benzene rings is 1. The molecular weight excluding hydrogens is 329 g/mol. The van der Waals surface area contributed by atoms with Gasteiger partial charge in [-0.25, -0.2) is 4.79 Å². The number of urea groups is 1. The Kier molecular flexibility index (Phi) is 7.34. The van der Waals surface area contributed by atoms with E-state index in [9.17, 15) is 22.8 Å². The first-order valence-corrected chi connectivity index (χ1v) is 7.20. The fourth-order valence-corrected chi connectivity index (χ4v) is 1.78. The van der Waals surface area contributed by atoms with E-state index in [0.29, 0.717) is 5.56 Å². The first-order valence-electron chi connectivity index (χ1n) is 7.20. The average molecular weight is 348 g/mol. The van der Waals surface area contributed by atoms with Gasteiger partial charge in [-0.1, -0.05) is 12.1 Å². The molecule has 1 aromatic rings. The van der Waals surface area contributed by atoms with E-state index in [1.807, 2.05) is 0 Å². The second-order valence-corrected chi connectivity index (χ2v) is 5.12. The number of halogens is 3. The van der Waals surface area contributed by atoms with E-state index in [-0.39, 0.29) is 31.7 Å². The van der Waals surface area contributed by atoms with Crippen LogP contribution in [-0.2, 0) is 11.3 Å². The summed E-state index contributed by atoms with van der Waals surface area (Å²) in [5.74, 6) is -0.901. The molecule has 0 heterocycles. The van der Waals surface area contributed by atoms with Gasteiger partial charge >= 0.3 is 18.2 Å². The van der Waals surface area contributed by atoms with Crippen LogP contribution in [-0.4, -0.2) is 36.4 Å². The van der Waals surface area contributed by atoms with Gasteiger partial charge in [-0.2, -0.15) is 13.2 Å². The molecule has 1 rings (SSSR count). The summed E-state index contributed by atoms with van der Waals surface area (Å²) in [5.41, 5.74) is 1.14. The third kappa shape index (κ3) is 8.25. The molecule has 0 fully saturated rings. The Balaban J connectivity index is 2.51. The summed E-state index contributed by atoms with van der Waals surface area (Å²) in [4.78, 5) is 21.9. The number of ether oxygens (including phenoxy) is 1. The van der Waals surface area contributed by atoms with Gasteiger partial charge in [0.25, 0.3) is 0 Å². The molecule has 134 valence electrons. The maximum absolute atomic E-state index is 12.3. The smallest absolute Gasteiger partial charge is 0.422 e. The lowest BCUT2D eigenvalue weighted by atomic mass is 10.1. The van der Waals surface area contributed by atoms with E-state index in [1.165, 1.54) is 6.07 Å². The van der Waals surface area contributed by atoms with Gasteiger partial charge in [-0.15, -0.1) is 0 Å². The summed E-state index contributed by atoms with van der Waals surface area (Å²) in [6.45, 7) is 0.472. The summed E-state index contributed by atoms with van der Waals surface area (Å²) in [7, 11) is 0. The fourth-order valence-electron chi connectivity index (χ4n) is 1.78. The Morgan fingerprint density at radius 1 is 1.25 bits per heavy atom. The van der Waals surface area contributed by atoms with Crippen LogP contribution < -0.4 is 15.4 Å². The van der Waals surface area contributed by atoms with Crippen LogP contribution in [0.4, 0.5) is 18.0 Å². The van der Waals surface area contributed by atoms with E-state index in [2.05, 4.69) is 10.6 Å². The van der Waals surface area contributed by atoms with Crippen molar-refractivity contribution >= 4 is 12.0 Å². The highest BCUT2D eigenvalue weighted by Crippen LogP contribution is 2.23. The van der Waals surface area contributed by atoms with Crippen molar-refractivity contribution in [2.75, 3.05) is 13.2 Å². The quantitative estimate of drug-likeness (QED) is 0.630. The summed E-state index contributed by atoms with van der Waals surface area (Å²) < 4.78 is 41.6. The highest BCUT2D eigenvalue weighted by atomic mass is 19.4. The van der Waals surface area contributed by atoms with Gasteiger partial charge in [0.05, 0.1) is 0 Å². The number of hydrogen-bond acceptors (Lipinski definition) is 3. The van der Waals surface area contributed by atoms with Gasteiger partial charge in [0.2, 0.25) is 0 Å². The van der Waals surface area contributed by atoms with Crippen LogP contribution in [0.5, 0.6) is 5.75 Å². The molecule has 9 heteroatoms. The number of carbonyl (C=O) groups is 2. The van der Waals surface area contributed by atoms with Crippen molar-refractivity contribution in [1.82, 2.24) is 10.6 Å². The SMILES string of the molecule is Cc1ccc(CNC(=O)NCCCC(=O)O)c(OCC(F)(F)F)c1. The van der Waals surface area contributed by atoms with Crippen molar-refractivity contribution in [3.8, 4) is 5.75 Å². The van der Waals surface area contributed by atoms with Gasteiger partial charge in [-0.05, 0) is 25.0 Å². The van der Waals surface area contributed by atoms with Gasteiger partial charge in [0.1, 0.15) is 5.75 Å². The molecule has 24 heavy (non-hydrogen) atoms. The zero-order chi connectivity index (χ0) is 18.2. The Bertz CT molecular complexity index is 576. The van der Waals surface area contributed by atoms with Gasteiger partial charge < -0.3 is 20.5 Å². The Morgan fingerprint density at radius 2 is 1.96 bits per heavy atom. The van der Waals surface area contributed by atoms with Crippen LogP contribution in [0.15, 0.2) is 18.2 Å². The number of rotatable bonds is 8. The summed E-state index contributed by atoms with van der Waals surface area (Å²) in [6.07, 6.45) is -4.23. The van der Waals surface area contributed by atoms with Crippen LogP contribution in [0.25, 0.3) is 0 Å². The van der Waals surface area contributed by atoms with Crippen molar-refractivity contribution in [2.45, 2.75) is 32.5 Å². The van der Waals surface area contributed by atoms with Crippen LogP contribution in [0.2, 0.25) is 0 Å². The number of nitrogens with one attached hydrogen (secondary N) is 2. The van der Waals surface area contributed by atoms with E-state index in [0.717, 1.165) is 5.56 Å². The minimum absolute atomic E-state index is 0.0156. The normalized spacial score (nSPS) is 11.0. The van der Waals surface area contributed by atoms with Crippen LogP contribution >= 0.6 is 0 Å². The Morgan fingerprint density at radius 3 is 2.58 bits per heavy atom. The number of carboxylic acids is 1. The first-order chi connectivity index (χ1) is 11.2. The standard InChI is InChI=1S/C15H19F3N2O4/c1-10-4-5-11(12(7-10)24-9-15(16,17)18)8-20-14(23)19-6-2-3-13(21)22/h4-5,7H,2-3,6,8-9H2,1H3,(H,21,22)(H2,19,20,23). The fraction of sp³-hybridized carbons (Fsp3) is 0.467. The molecule has 0 saturated heterocycles. The minimum atomic E-state index is -4.45. The molecule has 0 spiro atoms. The third-order valence-corrected chi connectivity index (χ3v) is 2.91. The van der Waals surface area contributed by atoms with E-state index in [4.69, 9.17) is 9.84 Å². The Labute approximate surface area is 137 Å². The second kappa shape index (κ2) is 8.99. The van der Waals surface area contributed by atoms with Gasteiger partial charge in [-0.3, -0.25) is 4.79 Å². The number of alkyl halides is 3. The van der Waals surface area contributed by atoms with Gasteiger partial charge in [0, 0.05) is 25.1 Å². The predicted octanol–water partition coefficient (Wildman–Crippen LogP) is 2.60. The Hall–Kier alpha value is -2.45. The van der Waals surface area contributed by atoms with Crippen molar-refractivity contribution < 1.29 is 32.6 Å². The zero-order valence-corrected chi connectivity index (χ0v) is 13.1. The molecule has 0 radical (unpaired) electrons. The molecule has 0 bridgehead atoms. The predicted molar refractivity (Wildman–Crippen MR) is 79.8 cm³/mol. The maximum atomic E-state index is 12.3. The molecule has 0 aliphatic carbocycles. The number of carboxylic acid groups (broad SMARTS) is 1. The molecule has 3 N–H and O–H groups in total. The summed E-state index contributed by atoms with van der Waals surface area (Å²) >= 11 is 0. The van der Waals surface area contributed by atoms with Crippen molar-refractivity contribution in [2.24, 2.45) is 0 Å². The first kappa shape index (κ1) is 19.6. The molecule has 0 aromatic heterocycles. The van der Waals surface area contributed by atoms with Crippen molar-refractivity contribution in [3.63, 3.8) is 0 Å². The highest BCUT2D eigenvalue weighted by molar-refractivity contribution is 5.74. The second-order valence-electron chi connectivity index (χ2n) is 5.12. The van der Waals surface area contributed by atoms with Crippen LogP contribution in [0.1, 0.15) is 24.0 Å². The lowest BCUT2D eigenvalue weighted by Crippen LogP contribution is -2.35. The zero-order valence-electron chi connectivity index (χ0n) is 13.1. The number of carbonyl (C=O) groups excluding carboxylic acids is 1. The van der Waals surface area contributed by atoms with Gasteiger partial charge in [0.15, 0.2) is 6.61 Å². The van der Waals surface area contributed by atoms with E-state index in [1.54, 1.807) is 19.1 Å².